The third kappa shape index (κ3) is 2.76. The molecule has 7 heteroatoms. The third-order valence-corrected chi connectivity index (χ3v) is 4.22. The van der Waals surface area contributed by atoms with Crippen LogP contribution in [0.5, 0.6) is 0 Å². The summed E-state index contributed by atoms with van der Waals surface area (Å²) in [6, 6.07) is 1.22. The van der Waals surface area contributed by atoms with Gasteiger partial charge in [-0.2, -0.15) is 0 Å². The summed E-state index contributed by atoms with van der Waals surface area (Å²) in [7, 11) is 0. The standard InChI is InChI=1S/C15H20N4O3/c1-9-8-12(18-22-9)15(21)17-11-4-3-5-13(14(11)20)19-7-6-16-10(19)2/h6-8,11,13-14,20H,3-5H2,1-2H3,(H,17,21)/t11-,13-,14-/m1/s1. The molecule has 2 heterocycles. The number of nitrogens with one attached hydrogen (secondary N) is 1. The summed E-state index contributed by atoms with van der Waals surface area (Å²) in [5, 5.41) is 17.2. The summed E-state index contributed by atoms with van der Waals surface area (Å²) in [5.74, 6) is 1.13. The van der Waals surface area contributed by atoms with Crippen LogP contribution in [0.2, 0.25) is 0 Å². The van der Waals surface area contributed by atoms with Crippen LogP contribution in [-0.2, 0) is 0 Å². The first-order valence-corrected chi connectivity index (χ1v) is 7.48. The molecule has 3 atom stereocenters. The molecule has 0 unspecified atom stereocenters. The van der Waals surface area contributed by atoms with E-state index in [1.165, 1.54) is 0 Å². The van der Waals surface area contributed by atoms with E-state index < -0.39 is 6.10 Å². The first kappa shape index (κ1) is 14.8. The second-order valence-electron chi connectivity index (χ2n) is 5.77. The Morgan fingerprint density at radius 1 is 1.45 bits per heavy atom. The van der Waals surface area contributed by atoms with E-state index in [0.717, 1.165) is 25.1 Å². The molecule has 0 aromatic carbocycles. The van der Waals surface area contributed by atoms with Gasteiger partial charge >= 0.3 is 0 Å². The first-order valence-electron chi connectivity index (χ1n) is 7.48. The van der Waals surface area contributed by atoms with Gasteiger partial charge in [-0.25, -0.2) is 4.98 Å². The maximum atomic E-state index is 12.2. The van der Waals surface area contributed by atoms with E-state index in [1.807, 2.05) is 17.7 Å². The molecule has 2 N–H and O–H groups in total. The maximum absolute atomic E-state index is 12.2. The van der Waals surface area contributed by atoms with Gasteiger partial charge in [0.05, 0.1) is 18.2 Å². The number of carbonyl (C=O) groups excluding carboxylic acids is 1. The lowest BCUT2D eigenvalue weighted by Crippen LogP contribution is -2.49. The van der Waals surface area contributed by atoms with Gasteiger partial charge < -0.3 is 19.5 Å². The van der Waals surface area contributed by atoms with Gasteiger partial charge in [-0.1, -0.05) is 5.16 Å². The van der Waals surface area contributed by atoms with Crippen LogP contribution in [0.15, 0.2) is 23.0 Å². The largest absolute Gasteiger partial charge is 0.389 e. The van der Waals surface area contributed by atoms with Crippen molar-refractivity contribution in [1.82, 2.24) is 20.0 Å². The molecule has 1 fully saturated rings. The zero-order chi connectivity index (χ0) is 15.7. The number of amides is 1. The predicted molar refractivity (Wildman–Crippen MR) is 78.4 cm³/mol. The van der Waals surface area contributed by atoms with Gasteiger partial charge in [-0.05, 0) is 33.1 Å². The first-order chi connectivity index (χ1) is 10.6. The second kappa shape index (κ2) is 5.92. The van der Waals surface area contributed by atoms with Gasteiger partial charge in [0.25, 0.3) is 5.91 Å². The minimum atomic E-state index is -0.654. The van der Waals surface area contributed by atoms with Crippen LogP contribution in [0.1, 0.15) is 47.4 Å². The van der Waals surface area contributed by atoms with Crippen LogP contribution in [-0.4, -0.2) is 37.9 Å². The molecule has 7 nitrogen and oxygen atoms in total. The highest BCUT2D eigenvalue weighted by Crippen LogP contribution is 2.30. The van der Waals surface area contributed by atoms with Crippen LogP contribution in [0.3, 0.4) is 0 Å². The predicted octanol–water partition coefficient (Wildman–Crippen LogP) is 1.37. The molecule has 0 bridgehead atoms. The van der Waals surface area contributed by atoms with E-state index in [9.17, 15) is 9.90 Å². The fourth-order valence-corrected chi connectivity index (χ4v) is 3.07. The molecule has 0 spiro atoms. The second-order valence-corrected chi connectivity index (χ2v) is 5.77. The van der Waals surface area contributed by atoms with E-state index in [0.29, 0.717) is 5.76 Å². The molecular formula is C15H20N4O3. The number of carbonyl (C=O) groups is 1. The monoisotopic (exact) mass is 304 g/mol. The average Bonchev–Trinajstić information content (AvgIpc) is 3.10. The Hall–Kier alpha value is -2.15. The molecule has 0 radical (unpaired) electrons. The fourth-order valence-electron chi connectivity index (χ4n) is 3.07. The Balaban J connectivity index is 1.71. The SMILES string of the molecule is Cc1cc(C(=O)N[C@@H]2CCC[C@@H](n3ccnc3C)[C@@H]2O)no1. The normalized spacial score (nSPS) is 25.1. The van der Waals surface area contributed by atoms with Crippen molar-refractivity contribution in [3.05, 3.63) is 35.7 Å². The average molecular weight is 304 g/mol. The number of rotatable bonds is 3. The summed E-state index contributed by atoms with van der Waals surface area (Å²) < 4.78 is 6.89. The minimum Gasteiger partial charge on any atom is -0.389 e. The van der Waals surface area contributed by atoms with E-state index >= 15 is 0 Å². The van der Waals surface area contributed by atoms with Gasteiger partial charge in [0, 0.05) is 18.5 Å². The molecule has 1 aliphatic carbocycles. The van der Waals surface area contributed by atoms with Crippen molar-refractivity contribution in [3.63, 3.8) is 0 Å². The number of hydrogen-bond acceptors (Lipinski definition) is 5. The van der Waals surface area contributed by atoms with E-state index in [1.54, 1.807) is 19.2 Å². The molecular weight excluding hydrogens is 284 g/mol. The number of aryl methyl sites for hydroxylation is 2. The Bertz CT molecular complexity index is 663. The van der Waals surface area contributed by atoms with Gasteiger partial charge in [0.1, 0.15) is 11.6 Å². The number of imidazole rings is 1. The topological polar surface area (TPSA) is 93.2 Å². The lowest BCUT2D eigenvalue weighted by molar-refractivity contribution is 0.0390. The van der Waals surface area contributed by atoms with E-state index in [-0.39, 0.29) is 23.7 Å². The molecule has 1 saturated carbocycles. The molecule has 1 amide bonds. The Morgan fingerprint density at radius 3 is 2.91 bits per heavy atom. The van der Waals surface area contributed by atoms with Crippen LogP contribution in [0.25, 0.3) is 0 Å². The van der Waals surface area contributed by atoms with Crippen LogP contribution in [0, 0.1) is 13.8 Å². The van der Waals surface area contributed by atoms with Crippen molar-refractivity contribution in [2.24, 2.45) is 0 Å². The molecule has 2 aromatic heterocycles. The highest BCUT2D eigenvalue weighted by atomic mass is 16.5. The van der Waals surface area contributed by atoms with Gasteiger partial charge in [0.15, 0.2) is 5.69 Å². The highest BCUT2D eigenvalue weighted by Gasteiger charge is 2.34. The number of aliphatic hydroxyl groups is 1. The molecule has 0 aliphatic heterocycles. The summed E-state index contributed by atoms with van der Waals surface area (Å²) in [6.45, 7) is 3.64. The summed E-state index contributed by atoms with van der Waals surface area (Å²) in [6.07, 6.45) is 5.49. The van der Waals surface area contributed by atoms with Crippen molar-refractivity contribution in [1.29, 1.82) is 0 Å². The number of aliphatic hydroxyl groups excluding tert-OH is 1. The van der Waals surface area contributed by atoms with Crippen molar-refractivity contribution >= 4 is 5.91 Å². The lowest BCUT2D eigenvalue weighted by Gasteiger charge is -2.36. The zero-order valence-corrected chi connectivity index (χ0v) is 12.7. The van der Waals surface area contributed by atoms with Crippen molar-refractivity contribution < 1.29 is 14.4 Å². The molecule has 3 rings (SSSR count). The number of aromatic nitrogens is 3. The highest BCUT2D eigenvalue weighted by molar-refractivity contribution is 5.92. The fraction of sp³-hybridized carbons (Fsp3) is 0.533. The van der Waals surface area contributed by atoms with Crippen LogP contribution >= 0.6 is 0 Å². The summed E-state index contributed by atoms with van der Waals surface area (Å²) in [5.41, 5.74) is 0.241. The van der Waals surface area contributed by atoms with Gasteiger partial charge in [-0.15, -0.1) is 0 Å². The van der Waals surface area contributed by atoms with Crippen LogP contribution in [0.4, 0.5) is 0 Å². The molecule has 118 valence electrons. The van der Waals surface area contributed by atoms with Crippen molar-refractivity contribution in [2.75, 3.05) is 0 Å². The molecule has 1 aliphatic rings. The molecule has 0 saturated heterocycles. The summed E-state index contributed by atoms with van der Waals surface area (Å²) in [4.78, 5) is 16.4. The van der Waals surface area contributed by atoms with E-state index in [2.05, 4.69) is 15.5 Å². The van der Waals surface area contributed by atoms with Crippen molar-refractivity contribution in [3.8, 4) is 0 Å². The Labute approximate surface area is 128 Å². The smallest absolute Gasteiger partial charge is 0.273 e. The van der Waals surface area contributed by atoms with Gasteiger partial charge in [-0.3, -0.25) is 4.79 Å². The maximum Gasteiger partial charge on any atom is 0.273 e. The Morgan fingerprint density at radius 2 is 2.27 bits per heavy atom. The van der Waals surface area contributed by atoms with E-state index in [4.69, 9.17) is 4.52 Å². The lowest BCUT2D eigenvalue weighted by atomic mass is 9.87. The quantitative estimate of drug-likeness (QED) is 0.893. The molecule has 22 heavy (non-hydrogen) atoms. The Kier molecular flexibility index (Phi) is 3.98. The summed E-state index contributed by atoms with van der Waals surface area (Å²) >= 11 is 0. The third-order valence-electron chi connectivity index (χ3n) is 4.22. The van der Waals surface area contributed by atoms with Crippen molar-refractivity contribution in [2.45, 2.75) is 51.3 Å². The minimum absolute atomic E-state index is 0.0689. The number of nitrogens with zero attached hydrogens (tertiary/aromatic N) is 3. The zero-order valence-electron chi connectivity index (χ0n) is 12.7. The van der Waals surface area contributed by atoms with Gasteiger partial charge in [0.2, 0.25) is 0 Å². The van der Waals surface area contributed by atoms with Crippen LogP contribution < -0.4 is 5.32 Å². The molecule has 2 aromatic rings. The number of hydrogen-bond donors (Lipinski definition) is 2.